The molecule has 0 aromatic heterocycles. The molecule has 0 aliphatic carbocycles. The van der Waals surface area contributed by atoms with Crippen molar-refractivity contribution in [3.63, 3.8) is 0 Å². The van der Waals surface area contributed by atoms with Gasteiger partial charge in [-0.3, -0.25) is 4.79 Å². The maximum atomic E-state index is 12.1. The molecule has 1 fully saturated rings. The van der Waals surface area contributed by atoms with Crippen molar-refractivity contribution in [1.82, 2.24) is 15.5 Å². The number of nitrogens with zero attached hydrogens (tertiary/aromatic N) is 2. The van der Waals surface area contributed by atoms with Crippen molar-refractivity contribution in [2.45, 2.75) is 38.3 Å². The predicted octanol–water partition coefficient (Wildman–Crippen LogP) is 2.07. The molecule has 2 N–H and O–H groups in total. The highest BCUT2D eigenvalue weighted by molar-refractivity contribution is 5.86. The number of carbonyl (C=O) groups excluding carboxylic acids is 1. The van der Waals surface area contributed by atoms with Gasteiger partial charge in [-0.1, -0.05) is 24.3 Å². The third-order valence-electron chi connectivity index (χ3n) is 4.40. The van der Waals surface area contributed by atoms with E-state index in [1.807, 2.05) is 0 Å². The number of aliphatic imine (C=N–C) groups is 1. The molecule has 10 heteroatoms. The number of guanidine groups is 1. The molecule has 1 aliphatic heterocycles. The highest BCUT2D eigenvalue weighted by atomic mass is 19.4. The summed E-state index contributed by atoms with van der Waals surface area (Å²) in [5.41, 5.74) is 1.53. The fraction of sp³-hybridized carbons (Fsp3) is 0.600. The quantitative estimate of drug-likeness (QED) is 0.464. The van der Waals surface area contributed by atoms with Gasteiger partial charge in [0.05, 0.1) is 25.8 Å². The first-order valence-corrected chi connectivity index (χ1v) is 9.79. The summed E-state index contributed by atoms with van der Waals surface area (Å²) < 4.78 is 46.7. The number of hydrogen-bond acceptors (Lipinski definition) is 4. The Labute approximate surface area is 174 Å². The van der Waals surface area contributed by atoms with Crippen LogP contribution in [-0.4, -0.2) is 69.4 Å². The molecule has 0 saturated carbocycles. The minimum atomic E-state index is -4.33. The van der Waals surface area contributed by atoms with Crippen LogP contribution in [0, 0.1) is 0 Å². The number of amides is 1. The Morgan fingerprint density at radius 3 is 2.53 bits per heavy atom. The van der Waals surface area contributed by atoms with Gasteiger partial charge >= 0.3 is 6.18 Å². The molecule has 1 unspecified atom stereocenters. The molecule has 0 bridgehead atoms. The molecular weight excluding hydrogens is 401 g/mol. The molecular formula is C20H29F3N4O3. The van der Waals surface area contributed by atoms with Gasteiger partial charge in [0, 0.05) is 27.2 Å². The molecule has 168 valence electrons. The van der Waals surface area contributed by atoms with Gasteiger partial charge in [-0.2, -0.15) is 13.2 Å². The lowest BCUT2D eigenvalue weighted by Crippen LogP contribution is -2.45. The average Bonchev–Trinajstić information content (AvgIpc) is 3.20. The number of alkyl halides is 3. The van der Waals surface area contributed by atoms with E-state index in [1.165, 1.54) is 4.90 Å². The number of halogens is 3. The maximum absolute atomic E-state index is 12.1. The highest BCUT2D eigenvalue weighted by Crippen LogP contribution is 2.16. The van der Waals surface area contributed by atoms with Crippen LogP contribution in [0.15, 0.2) is 29.3 Å². The Morgan fingerprint density at radius 1 is 1.23 bits per heavy atom. The van der Waals surface area contributed by atoms with Crippen molar-refractivity contribution < 1.29 is 27.4 Å². The summed E-state index contributed by atoms with van der Waals surface area (Å²) in [6, 6.07) is 7.00. The minimum absolute atomic E-state index is 0.0789. The van der Waals surface area contributed by atoms with E-state index >= 15 is 0 Å². The Hall–Kier alpha value is -2.33. The van der Waals surface area contributed by atoms with Gasteiger partial charge in [-0.05, 0) is 24.0 Å². The number of likely N-dealkylation sites (N-methyl/N-ethyl adjacent to an activating group) is 1. The summed E-state index contributed by atoms with van der Waals surface area (Å²) in [5.74, 6) is 0.420. The number of rotatable bonds is 9. The summed E-state index contributed by atoms with van der Waals surface area (Å²) in [7, 11) is 3.36. The Kier molecular flexibility index (Phi) is 9.38. The highest BCUT2D eigenvalue weighted by Gasteiger charge is 2.27. The van der Waals surface area contributed by atoms with E-state index in [9.17, 15) is 18.0 Å². The molecule has 30 heavy (non-hydrogen) atoms. The standard InChI is InChI=1S/C20H29F3N4O3/c1-27(2)18(28)12-26-19(25-11-17-4-3-9-30-17)24-10-15-5-7-16(8-6-15)13-29-14-20(21,22)23/h5-8,17H,3-4,9-14H2,1-2H3,(H2,24,25,26). The normalized spacial score (nSPS) is 17.1. The van der Waals surface area contributed by atoms with E-state index in [0.717, 1.165) is 25.0 Å². The van der Waals surface area contributed by atoms with Gasteiger partial charge in [0.1, 0.15) is 6.61 Å². The van der Waals surface area contributed by atoms with Gasteiger partial charge < -0.3 is 25.0 Å². The number of nitrogens with one attached hydrogen (secondary N) is 2. The van der Waals surface area contributed by atoms with Gasteiger partial charge in [0.15, 0.2) is 5.96 Å². The Balaban J connectivity index is 1.89. The SMILES string of the molecule is CN(C)C(=O)CNC(=NCc1ccc(COCC(F)(F)F)cc1)NCC1CCCO1. The van der Waals surface area contributed by atoms with Gasteiger partial charge in [-0.25, -0.2) is 4.99 Å². The molecule has 1 aliphatic rings. The molecule has 1 heterocycles. The first kappa shape index (κ1) is 23.9. The van der Waals surface area contributed by atoms with Crippen LogP contribution in [-0.2, 0) is 27.4 Å². The van der Waals surface area contributed by atoms with Crippen LogP contribution in [0.4, 0.5) is 13.2 Å². The third kappa shape index (κ3) is 9.45. The van der Waals surface area contributed by atoms with Crippen LogP contribution >= 0.6 is 0 Å². The fourth-order valence-corrected chi connectivity index (χ4v) is 2.70. The van der Waals surface area contributed by atoms with Gasteiger partial charge in [0.25, 0.3) is 0 Å². The first-order chi connectivity index (χ1) is 14.2. The van der Waals surface area contributed by atoms with Crippen molar-refractivity contribution in [3.05, 3.63) is 35.4 Å². The summed E-state index contributed by atoms with van der Waals surface area (Å²) in [4.78, 5) is 17.8. The average molecular weight is 430 g/mol. The molecule has 1 aromatic rings. The van der Waals surface area contributed by atoms with E-state index in [-0.39, 0.29) is 25.2 Å². The predicted molar refractivity (Wildman–Crippen MR) is 107 cm³/mol. The van der Waals surface area contributed by atoms with Crippen LogP contribution in [0.1, 0.15) is 24.0 Å². The lowest BCUT2D eigenvalue weighted by molar-refractivity contribution is -0.176. The van der Waals surface area contributed by atoms with Gasteiger partial charge in [0.2, 0.25) is 5.91 Å². The van der Waals surface area contributed by atoms with Crippen molar-refractivity contribution in [2.75, 3.05) is 40.4 Å². The monoisotopic (exact) mass is 430 g/mol. The van der Waals surface area contributed by atoms with E-state index in [4.69, 9.17) is 4.74 Å². The Bertz CT molecular complexity index is 688. The van der Waals surface area contributed by atoms with Gasteiger partial charge in [-0.15, -0.1) is 0 Å². The first-order valence-electron chi connectivity index (χ1n) is 9.79. The largest absolute Gasteiger partial charge is 0.411 e. The van der Waals surface area contributed by atoms with Crippen LogP contribution in [0.3, 0.4) is 0 Å². The fourth-order valence-electron chi connectivity index (χ4n) is 2.70. The molecule has 1 amide bonds. The third-order valence-corrected chi connectivity index (χ3v) is 4.40. The molecule has 0 spiro atoms. The zero-order valence-electron chi connectivity index (χ0n) is 17.3. The smallest absolute Gasteiger partial charge is 0.376 e. The van der Waals surface area contributed by atoms with Crippen LogP contribution in [0.25, 0.3) is 0 Å². The zero-order chi connectivity index (χ0) is 22.0. The zero-order valence-corrected chi connectivity index (χ0v) is 17.3. The summed E-state index contributed by atoms with van der Waals surface area (Å²) in [5, 5.41) is 6.21. The number of benzene rings is 1. The number of ether oxygens (including phenoxy) is 2. The van der Waals surface area contributed by atoms with Crippen molar-refractivity contribution in [3.8, 4) is 0 Å². The van der Waals surface area contributed by atoms with Crippen molar-refractivity contribution in [2.24, 2.45) is 4.99 Å². The molecule has 1 saturated heterocycles. The molecule has 7 nitrogen and oxygen atoms in total. The van der Waals surface area contributed by atoms with Crippen LogP contribution in [0.2, 0.25) is 0 Å². The summed E-state index contributed by atoms with van der Waals surface area (Å²) in [6.07, 6.45) is -2.20. The number of hydrogen-bond donors (Lipinski definition) is 2. The molecule has 1 aromatic carbocycles. The second-order valence-corrected chi connectivity index (χ2v) is 7.25. The van der Waals surface area contributed by atoms with E-state index in [1.54, 1.807) is 38.4 Å². The van der Waals surface area contributed by atoms with E-state index in [0.29, 0.717) is 24.6 Å². The Morgan fingerprint density at radius 2 is 1.93 bits per heavy atom. The minimum Gasteiger partial charge on any atom is -0.376 e. The summed E-state index contributed by atoms with van der Waals surface area (Å²) in [6.45, 7) is 0.435. The summed E-state index contributed by atoms with van der Waals surface area (Å²) >= 11 is 0. The second kappa shape index (κ2) is 11.8. The van der Waals surface area contributed by atoms with Crippen molar-refractivity contribution >= 4 is 11.9 Å². The lowest BCUT2D eigenvalue weighted by Gasteiger charge is -2.17. The molecule has 2 rings (SSSR count). The lowest BCUT2D eigenvalue weighted by atomic mass is 10.1. The second-order valence-electron chi connectivity index (χ2n) is 7.25. The maximum Gasteiger partial charge on any atom is 0.411 e. The molecule has 0 radical (unpaired) electrons. The van der Waals surface area contributed by atoms with Crippen molar-refractivity contribution in [1.29, 1.82) is 0 Å². The van der Waals surface area contributed by atoms with E-state index < -0.39 is 12.8 Å². The van der Waals surface area contributed by atoms with E-state index in [2.05, 4.69) is 20.4 Å². The van der Waals surface area contributed by atoms with Crippen LogP contribution < -0.4 is 10.6 Å². The topological polar surface area (TPSA) is 75.2 Å². The number of carbonyl (C=O) groups is 1. The van der Waals surface area contributed by atoms with Crippen LogP contribution in [0.5, 0.6) is 0 Å². The molecule has 1 atom stereocenters.